The normalized spacial score (nSPS) is 10.1. The Balaban J connectivity index is 1.98. The Morgan fingerprint density at radius 1 is 1.00 bits per heavy atom. The van der Waals surface area contributed by atoms with Crippen LogP contribution in [0.1, 0.15) is 5.56 Å². The van der Waals surface area contributed by atoms with E-state index in [1.807, 2.05) is 30.3 Å². The maximum atomic E-state index is 10.5. The van der Waals surface area contributed by atoms with Crippen molar-refractivity contribution >= 4 is 25.1 Å². The van der Waals surface area contributed by atoms with Crippen molar-refractivity contribution in [3.8, 4) is 0 Å². The maximum absolute atomic E-state index is 10.5. The standard InChI is InChI=1S/C13H11NO2Se/c15-14(16)12-6-8-13(9-7-12)17-10-11-4-2-1-3-5-11/h1-9H,10H2. The summed E-state index contributed by atoms with van der Waals surface area (Å²) in [7, 11) is 0. The van der Waals surface area contributed by atoms with Crippen molar-refractivity contribution in [3.63, 3.8) is 0 Å². The second-order valence-electron chi connectivity index (χ2n) is 3.53. The molecule has 0 aliphatic heterocycles. The van der Waals surface area contributed by atoms with E-state index in [4.69, 9.17) is 0 Å². The predicted molar refractivity (Wildman–Crippen MR) is 68.6 cm³/mol. The molecule has 3 nitrogen and oxygen atoms in total. The molecular weight excluding hydrogens is 281 g/mol. The second kappa shape index (κ2) is 5.62. The molecule has 0 saturated carbocycles. The molecule has 86 valence electrons. The number of nitro benzene ring substituents is 1. The van der Waals surface area contributed by atoms with E-state index in [0.717, 1.165) is 5.32 Å². The molecule has 0 atom stereocenters. The summed E-state index contributed by atoms with van der Waals surface area (Å²) in [5, 5.41) is 11.5. The van der Waals surface area contributed by atoms with E-state index in [9.17, 15) is 10.1 Å². The molecule has 0 radical (unpaired) electrons. The van der Waals surface area contributed by atoms with Crippen molar-refractivity contribution in [1.29, 1.82) is 0 Å². The number of hydrogen-bond acceptors (Lipinski definition) is 2. The molecule has 0 fully saturated rings. The van der Waals surface area contributed by atoms with Gasteiger partial charge in [-0.05, 0) is 0 Å². The SMILES string of the molecule is O=[N+]([O-])c1ccc([Se]Cc2ccccc2)cc1. The molecule has 0 heterocycles. The number of non-ortho nitro benzene ring substituents is 1. The monoisotopic (exact) mass is 293 g/mol. The summed E-state index contributed by atoms with van der Waals surface area (Å²) < 4.78 is 1.19. The van der Waals surface area contributed by atoms with E-state index in [0.29, 0.717) is 15.0 Å². The summed E-state index contributed by atoms with van der Waals surface area (Å²) in [6.07, 6.45) is 0. The molecule has 4 heteroatoms. The van der Waals surface area contributed by atoms with Crippen molar-refractivity contribution in [3.05, 3.63) is 70.3 Å². The number of benzene rings is 2. The Hall–Kier alpha value is -1.64. The average molecular weight is 292 g/mol. The average Bonchev–Trinajstić information content (AvgIpc) is 2.38. The van der Waals surface area contributed by atoms with Gasteiger partial charge in [-0.15, -0.1) is 0 Å². The van der Waals surface area contributed by atoms with Crippen LogP contribution in [0.4, 0.5) is 5.69 Å². The van der Waals surface area contributed by atoms with Crippen molar-refractivity contribution in [1.82, 2.24) is 0 Å². The molecule has 2 aromatic rings. The van der Waals surface area contributed by atoms with Crippen LogP contribution in [0.2, 0.25) is 0 Å². The van der Waals surface area contributed by atoms with Gasteiger partial charge in [-0.2, -0.15) is 0 Å². The molecule has 0 aliphatic carbocycles. The van der Waals surface area contributed by atoms with Gasteiger partial charge in [0.25, 0.3) is 0 Å². The fourth-order valence-electron chi connectivity index (χ4n) is 1.40. The van der Waals surface area contributed by atoms with Crippen LogP contribution in [0.25, 0.3) is 0 Å². The van der Waals surface area contributed by atoms with E-state index in [2.05, 4.69) is 12.1 Å². The second-order valence-corrected chi connectivity index (χ2v) is 5.73. The predicted octanol–water partition coefficient (Wildman–Crippen LogP) is 2.12. The minimum atomic E-state index is -0.367. The van der Waals surface area contributed by atoms with Crippen molar-refractivity contribution in [2.24, 2.45) is 0 Å². The topological polar surface area (TPSA) is 43.1 Å². The van der Waals surface area contributed by atoms with Crippen LogP contribution in [-0.4, -0.2) is 19.9 Å². The van der Waals surface area contributed by atoms with E-state index in [1.54, 1.807) is 12.1 Å². The van der Waals surface area contributed by atoms with Gasteiger partial charge in [0.2, 0.25) is 0 Å². The zero-order valence-corrected chi connectivity index (χ0v) is 10.8. The first-order valence-electron chi connectivity index (χ1n) is 5.17. The molecule has 2 aromatic carbocycles. The molecule has 0 N–H and O–H groups in total. The Morgan fingerprint density at radius 3 is 2.24 bits per heavy atom. The quantitative estimate of drug-likeness (QED) is 0.492. The number of rotatable bonds is 4. The Bertz CT molecular complexity index is 497. The minimum absolute atomic E-state index is 0.157. The van der Waals surface area contributed by atoms with E-state index in [1.165, 1.54) is 10.0 Å². The van der Waals surface area contributed by atoms with Crippen LogP contribution in [0.5, 0.6) is 0 Å². The molecule has 0 amide bonds. The Morgan fingerprint density at radius 2 is 1.65 bits per heavy atom. The van der Waals surface area contributed by atoms with Crippen LogP contribution in [0.3, 0.4) is 0 Å². The summed E-state index contributed by atoms with van der Waals surface area (Å²) in [4.78, 5) is 10.1. The molecule has 0 unspecified atom stereocenters. The summed E-state index contributed by atoms with van der Waals surface area (Å²) in [5.74, 6) is 0. The summed E-state index contributed by atoms with van der Waals surface area (Å²) in [6.45, 7) is 0. The first-order valence-corrected chi connectivity index (χ1v) is 7.24. The molecular formula is C13H11NO2Se. The van der Waals surface area contributed by atoms with Crippen LogP contribution >= 0.6 is 0 Å². The number of hydrogen-bond donors (Lipinski definition) is 0. The first-order chi connectivity index (χ1) is 8.25. The molecule has 0 bridgehead atoms. The molecule has 0 spiro atoms. The van der Waals surface area contributed by atoms with Gasteiger partial charge in [0, 0.05) is 0 Å². The van der Waals surface area contributed by atoms with E-state index in [-0.39, 0.29) is 10.6 Å². The number of nitrogens with zero attached hydrogens (tertiary/aromatic N) is 1. The van der Waals surface area contributed by atoms with Crippen LogP contribution in [0, 0.1) is 10.1 Å². The molecule has 2 rings (SSSR count). The number of nitro groups is 1. The first kappa shape index (κ1) is 11.8. The summed E-state index contributed by atoms with van der Waals surface area (Å²) >= 11 is 0.330. The third-order valence-corrected chi connectivity index (χ3v) is 4.57. The van der Waals surface area contributed by atoms with Gasteiger partial charge in [-0.1, -0.05) is 0 Å². The van der Waals surface area contributed by atoms with Crippen LogP contribution < -0.4 is 4.46 Å². The molecule has 0 aliphatic rings. The summed E-state index contributed by atoms with van der Waals surface area (Å²) in [6, 6.07) is 17.1. The third kappa shape index (κ3) is 3.41. The van der Waals surface area contributed by atoms with Gasteiger partial charge < -0.3 is 0 Å². The molecule has 0 aromatic heterocycles. The van der Waals surface area contributed by atoms with E-state index >= 15 is 0 Å². The van der Waals surface area contributed by atoms with Gasteiger partial charge in [-0.25, -0.2) is 0 Å². The third-order valence-electron chi connectivity index (χ3n) is 2.30. The zero-order chi connectivity index (χ0) is 12.1. The van der Waals surface area contributed by atoms with Crippen molar-refractivity contribution in [2.45, 2.75) is 5.32 Å². The van der Waals surface area contributed by atoms with Crippen molar-refractivity contribution in [2.75, 3.05) is 0 Å². The van der Waals surface area contributed by atoms with Gasteiger partial charge in [-0.3, -0.25) is 0 Å². The molecule has 0 saturated heterocycles. The van der Waals surface area contributed by atoms with Gasteiger partial charge in [0.05, 0.1) is 0 Å². The van der Waals surface area contributed by atoms with Gasteiger partial charge >= 0.3 is 106 Å². The zero-order valence-electron chi connectivity index (χ0n) is 9.08. The summed E-state index contributed by atoms with van der Waals surface area (Å²) in [5.41, 5.74) is 1.47. The fourth-order valence-corrected chi connectivity index (χ4v) is 3.20. The van der Waals surface area contributed by atoms with Crippen LogP contribution in [-0.2, 0) is 5.32 Å². The van der Waals surface area contributed by atoms with Gasteiger partial charge in [0.1, 0.15) is 0 Å². The Kier molecular flexibility index (Phi) is 3.91. The van der Waals surface area contributed by atoms with Crippen LogP contribution in [0.15, 0.2) is 54.6 Å². The van der Waals surface area contributed by atoms with E-state index < -0.39 is 0 Å². The van der Waals surface area contributed by atoms with Gasteiger partial charge in [0.15, 0.2) is 0 Å². The molecule has 17 heavy (non-hydrogen) atoms. The Labute approximate surface area is 106 Å². The fraction of sp³-hybridized carbons (Fsp3) is 0.0769. The van der Waals surface area contributed by atoms with Crippen molar-refractivity contribution < 1.29 is 4.92 Å².